The molecule has 0 spiro atoms. The lowest BCUT2D eigenvalue weighted by Crippen LogP contribution is -1.22. The smallest absolute Gasteiger partial charge is 0.186 e. The van der Waals surface area contributed by atoms with Gasteiger partial charge in [-0.15, -0.1) is 0 Å². The lowest BCUT2D eigenvalue weighted by Gasteiger charge is -0.945. The highest BCUT2D eigenvalue weighted by molar-refractivity contribution is 5.20. The molecule has 0 radical (unpaired) electrons. The Balaban J connectivity index is 0. The normalized spacial score (nSPS) is 2.00. The van der Waals surface area contributed by atoms with E-state index in [4.69, 9.17) is 9.59 Å². The summed E-state index contributed by atoms with van der Waals surface area (Å²) < 4.78 is 0. The van der Waals surface area contributed by atoms with Gasteiger partial charge in [-0.25, -0.2) is 0 Å². The monoisotopic (exact) mass is 59.0 g/mol. The van der Waals surface area contributed by atoms with E-state index in [1.807, 2.05) is 0 Å². The fourth-order valence-electron chi connectivity index (χ4n) is 0. The first-order valence-electron chi connectivity index (χ1n) is 0.408. The molecule has 2 nitrogen and oxygen atoms in total. The fraction of sp³-hybridized carbons (Fsp3) is 0.500. The zero-order valence-electron chi connectivity index (χ0n) is 1.32. The first-order chi connectivity index (χ1) is 1.41. The van der Waals surface area contributed by atoms with Crippen LogP contribution in [0.25, 0.3) is 0 Å². The number of rotatable bonds is 0. The van der Waals surface area contributed by atoms with E-state index in [0.717, 1.165) is 0 Å². The molecule has 0 atom stereocenters. The van der Waals surface area contributed by atoms with Gasteiger partial charge in [-0.2, -0.15) is 9.59 Å². The Bertz CT molecular complexity index is 25.0. The lowest BCUT2D eigenvalue weighted by molar-refractivity contribution is -0.191. The molecule has 0 aliphatic heterocycles. The second kappa shape index (κ2) is 31.4. The highest BCUT2D eigenvalue weighted by atomic mass is 16.2. The summed E-state index contributed by atoms with van der Waals surface area (Å²) in [6.45, 7) is 0. The van der Waals surface area contributed by atoms with E-state index in [2.05, 4.69) is 0 Å². The minimum atomic E-state index is 0. The summed E-state index contributed by atoms with van der Waals surface area (Å²) in [7, 11) is 0. The van der Waals surface area contributed by atoms with Crippen molar-refractivity contribution in [3.05, 3.63) is 0 Å². The Kier molecular flexibility index (Phi) is 78.9. The van der Waals surface area contributed by atoms with Gasteiger partial charge in [0.15, 0.2) is 0 Å². The van der Waals surface area contributed by atoms with Crippen LogP contribution in [0.2, 0.25) is 0 Å². The molecule has 0 saturated carbocycles. The minimum Gasteiger partial charge on any atom is -0.186 e. The van der Waals surface area contributed by atoms with Crippen LogP contribution in [0.5, 0.6) is 0 Å². The lowest BCUT2D eigenvalue weighted by atomic mass is 11.0. The van der Waals surface area contributed by atoms with Crippen molar-refractivity contribution in [2.24, 2.45) is 0 Å². The maximum Gasteiger partial charge on any atom is 0.373 e. The van der Waals surface area contributed by atoms with Gasteiger partial charge in [0.05, 0.1) is 0 Å². The predicted octanol–water partition coefficient (Wildman–Crippen LogP) is 0.0526. The van der Waals surface area contributed by atoms with Crippen LogP contribution < -0.4 is 0 Å². The quantitative estimate of drug-likeness (QED) is 0.395. The van der Waals surface area contributed by atoms with Gasteiger partial charge < -0.3 is 0 Å². The molecule has 0 aromatic rings. The van der Waals surface area contributed by atoms with Gasteiger partial charge in [0, 0.05) is 0 Å². The molecule has 0 bridgehead atoms. The van der Waals surface area contributed by atoms with E-state index in [9.17, 15) is 0 Å². The molecule has 2 heteroatoms. The largest absolute Gasteiger partial charge is 0.373 e. The Morgan fingerprint density at radius 2 is 1.25 bits per heavy atom. The molecule has 0 heterocycles. The van der Waals surface area contributed by atoms with Gasteiger partial charge in [0.1, 0.15) is 0 Å². The van der Waals surface area contributed by atoms with E-state index < -0.39 is 0 Å². The van der Waals surface area contributed by atoms with Crippen molar-refractivity contribution in [1.29, 1.82) is 0 Å². The van der Waals surface area contributed by atoms with Crippen LogP contribution in [-0.2, 0) is 9.59 Å². The third-order valence-corrected chi connectivity index (χ3v) is 0. The molecule has 0 fully saturated rings. The van der Waals surface area contributed by atoms with Crippen molar-refractivity contribution >= 4 is 6.15 Å². The molecule has 0 aromatic carbocycles. The van der Waals surface area contributed by atoms with Gasteiger partial charge in [0.25, 0.3) is 0 Å². The standard InChI is InChI=1S/CO2.CH4/c2-1-3;/h;1H4/i;1-1. The zero-order chi connectivity index (χ0) is 2.71. The molecule has 0 rings (SSSR count). The van der Waals surface area contributed by atoms with E-state index >= 15 is 0 Å². The van der Waals surface area contributed by atoms with E-state index in [0.29, 0.717) is 0 Å². The van der Waals surface area contributed by atoms with Crippen LogP contribution in [0, 0.1) is 0 Å². The fourth-order valence-corrected chi connectivity index (χ4v) is 0. The molecule has 0 N–H and O–H groups in total. The molecule has 0 aliphatic rings. The molecule has 0 amide bonds. The van der Waals surface area contributed by atoms with Gasteiger partial charge in [-0.3, -0.25) is 0 Å². The minimum absolute atomic E-state index is 0. The maximum atomic E-state index is 8.12. The van der Waals surface area contributed by atoms with Crippen molar-refractivity contribution in [3.63, 3.8) is 0 Å². The Labute approximate surface area is 24.4 Å². The molecule has 4 heavy (non-hydrogen) atoms. The SMILES string of the molecule is O=C=O.[11CH4]. The highest BCUT2D eigenvalue weighted by Crippen LogP contribution is 0.787. The van der Waals surface area contributed by atoms with Crippen LogP contribution in [-0.4, -0.2) is 6.15 Å². The number of hydrogen-bond acceptors (Lipinski definition) is 2. The van der Waals surface area contributed by atoms with Gasteiger partial charge >= 0.3 is 6.15 Å². The molecule has 0 saturated heterocycles. The highest BCUT2D eigenvalue weighted by Gasteiger charge is 1.13. The van der Waals surface area contributed by atoms with E-state index in [1.54, 1.807) is 0 Å². The van der Waals surface area contributed by atoms with Gasteiger partial charge in [-0.1, -0.05) is 7.43 Å². The number of hydrogen-bond donors (Lipinski definition) is 0. The summed E-state index contributed by atoms with van der Waals surface area (Å²) in [5.41, 5.74) is 0. The summed E-state index contributed by atoms with van der Waals surface area (Å²) in [5.74, 6) is 0. The topological polar surface area (TPSA) is 34.1 Å². The third kappa shape index (κ3) is 0.518. The zero-order valence-corrected chi connectivity index (χ0v) is 1.32. The molecule has 0 aliphatic carbocycles. The van der Waals surface area contributed by atoms with Crippen molar-refractivity contribution in [2.45, 2.75) is 7.43 Å². The van der Waals surface area contributed by atoms with Crippen LogP contribution >= 0.6 is 0 Å². The summed E-state index contributed by atoms with van der Waals surface area (Å²) >= 11 is 0. The molecule has 24 valence electrons. The average molecular weight is 59.1 g/mol. The summed E-state index contributed by atoms with van der Waals surface area (Å²) in [4.78, 5) is 16.2. The van der Waals surface area contributed by atoms with Crippen molar-refractivity contribution in [3.8, 4) is 0 Å². The first-order valence-corrected chi connectivity index (χ1v) is 0.408. The summed E-state index contributed by atoms with van der Waals surface area (Å²) in [5, 5.41) is 0. The third-order valence-electron chi connectivity index (χ3n) is 0. The first kappa shape index (κ1) is 10.1. The van der Waals surface area contributed by atoms with E-state index in [1.165, 1.54) is 0 Å². The van der Waals surface area contributed by atoms with Gasteiger partial charge in [-0.05, 0) is 0 Å². The van der Waals surface area contributed by atoms with Crippen molar-refractivity contribution < 1.29 is 9.59 Å². The Morgan fingerprint density at radius 3 is 1.25 bits per heavy atom. The molecule has 0 unspecified atom stereocenters. The Hall–Kier alpha value is -0.620. The molecular weight excluding hydrogens is 55.0 g/mol. The average Bonchev–Trinajstić information content (AvgIpc) is 0.918. The summed E-state index contributed by atoms with van der Waals surface area (Å²) in [6, 6.07) is 0. The Morgan fingerprint density at radius 1 is 1.25 bits per heavy atom. The second-order valence-corrected chi connectivity index (χ2v) is 0.0833. The second-order valence-electron chi connectivity index (χ2n) is 0.0833. The van der Waals surface area contributed by atoms with Crippen LogP contribution in [0.1, 0.15) is 7.43 Å². The van der Waals surface area contributed by atoms with Crippen molar-refractivity contribution in [2.75, 3.05) is 0 Å². The van der Waals surface area contributed by atoms with Crippen molar-refractivity contribution in [1.82, 2.24) is 0 Å². The maximum absolute atomic E-state index is 8.12. The van der Waals surface area contributed by atoms with Gasteiger partial charge in [0.2, 0.25) is 0 Å². The van der Waals surface area contributed by atoms with Crippen LogP contribution in [0.3, 0.4) is 0 Å². The van der Waals surface area contributed by atoms with Crippen LogP contribution in [0.15, 0.2) is 0 Å². The van der Waals surface area contributed by atoms with Crippen LogP contribution in [0.4, 0.5) is 0 Å². The van der Waals surface area contributed by atoms with E-state index in [-0.39, 0.29) is 13.6 Å². The number of carbonyl (C=O) groups excluding carboxylic acids is 2. The predicted molar refractivity (Wildman–Crippen MR) is 11.7 cm³/mol. The summed E-state index contributed by atoms with van der Waals surface area (Å²) in [6.07, 6.45) is 0.250. The molecular formula is C2H4O2. The molecule has 0 aromatic heterocycles.